The van der Waals surface area contributed by atoms with Crippen molar-refractivity contribution in [2.45, 2.75) is 31.2 Å². The van der Waals surface area contributed by atoms with Crippen LogP contribution < -0.4 is 5.73 Å². The predicted octanol–water partition coefficient (Wildman–Crippen LogP) is 1.52. The topological polar surface area (TPSA) is 72.6 Å². The second-order valence-electron chi connectivity index (χ2n) is 5.58. The molecular formula is C13H19FN2O3S. The number of nitrogens with two attached hydrogens (primary N) is 1. The third-order valence-electron chi connectivity index (χ3n) is 3.43. The molecule has 0 saturated carbocycles. The van der Waals surface area contributed by atoms with Gasteiger partial charge in [0.2, 0.25) is 10.0 Å². The van der Waals surface area contributed by atoms with Gasteiger partial charge in [-0.2, -0.15) is 4.31 Å². The van der Waals surface area contributed by atoms with E-state index in [1.165, 1.54) is 10.4 Å². The van der Waals surface area contributed by atoms with Crippen molar-refractivity contribution in [1.29, 1.82) is 0 Å². The molecular weight excluding hydrogens is 283 g/mol. The maximum absolute atomic E-state index is 13.4. The lowest BCUT2D eigenvalue weighted by Crippen LogP contribution is -2.55. The van der Waals surface area contributed by atoms with Gasteiger partial charge in [-0.05, 0) is 38.5 Å². The zero-order valence-electron chi connectivity index (χ0n) is 11.8. The summed E-state index contributed by atoms with van der Waals surface area (Å²) in [5, 5.41) is 0. The molecule has 2 rings (SSSR count). The Balaban J connectivity index is 2.53. The zero-order chi connectivity index (χ0) is 15.1. The van der Waals surface area contributed by atoms with E-state index in [0.29, 0.717) is 18.8 Å². The fraction of sp³-hybridized carbons (Fsp3) is 0.538. The van der Waals surface area contributed by atoms with E-state index in [-0.39, 0.29) is 17.1 Å². The summed E-state index contributed by atoms with van der Waals surface area (Å²) in [6, 6.07) is 2.33. The van der Waals surface area contributed by atoms with E-state index >= 15 is 0 Å². The maximum Gasteiger partial charge on any atom is 0.244 e. The normalized spacial score (nSPS) is 20.0. The summed E-state index contributed by atoms with van der Waals surface area (Å²) in [5.41, 5.74) is 5.03. The van der Waals surface area contributed by atoms with Gasteiger partial charge in [0.15, 0.2) is 0 Å². The van der Waals surface area contributed by atoms with Crippen molar-refractivity contribution < 1.29 is 17.5 Å². The standard InChI is InChI=1S/C13H19FN2O3S/c1-9-6-10(14)11(15)7-12(9)20(17,18)16-4-5-19-8-13(16,2)3/h6-7H,4-5,8,15H2,1-3H3. The molecule has 1 aliphatic heterocycles. The van der Waals surface area contributed by atoms with E-state index in [2.05, 4.69) is 0 Å². The minimum atomic E-state index is -3.73. The molecule has 1 fully saturated rings. The van der Waals surface area contributed by atoms with E-state index in [1.54, 1.807) is 20.8 Å². The molecule has 0 bridgehead atoms. The SMILES string of the molecule is Cc1cc(F)c(N)cc1S(=O)(=O)N1CCOCC1(C)C. The van der Waals surface area contributed by atoms with Crippen LogP contribution in [0.2, 0.25) is 0 Å². The number of halogens is 1. The quantitative estimate of drug-likeness (QED) is 0.841. The minimum absolute atomic E-state index is 0.0476. The number of hydrogen-bond donors (Lipinski definition) is 1. The second kappa shape index (κ2) is 4.98. The highest BCUT2D eigenvalue weighted by atomic mass is 32.2. The Morgan fingerprint density at radius 1 is 1.40 bits per heavy atom. The number of aryl methyl sites for hydroxylation is 1. The Kier molecular flexibility index (Phi) is 3.79. The lowest BCUT2D eigenvalue weighted by atomic mass is 10.1. The fourth-order valence-electron chi connectivity index (χ4n) is 2.35. The number of rotatable bonds is 2. The van der Waals surface area contributed by atoms with Crippen LogP contribution in [0.3, 0.4) is 0 Å². The van der Waals surface area contributed by atoms with Crippen LogP contribution >= 0.6 is 0 Å². The zero-order valence-corrected chi connectivity index (χ0v) is 12.6. The maximum atomic E-state index is 13.4. The summed E-state index contributed by atoms with van der Waals surface area (Å²) in [5.74, 6) is -0.609. The average molecular weight is 302 g/mol. The van der Waals surface area contributed by atoms with E-state index in [9.17, 15) is 12.8 Å². The molecule has 0 aromatic heterocycles. The smallest absolute Gasteiger partial charge is 0.244 e. The summed E-state index contributed by atoms with van der Waals surface area (Å²) in [7, 11) is -3.73. The Morgan fingerprint density at radius 2 is 2.05 bits per heavy atom. The highest BCUT2D eigenvalue weighted by Crippen LogP contribution is 2.30. The van der Waals surface area contributed by atoms with Crippen molar-refractivity contribution >= 4 is 15.7 Å². The van der Waals surface area contributed by atoms with Gasteiger partial charge in [0.1, 0.15) is 5.82 Å². The van der Waals surface area contributed by atoms with Gasteiger partial charge >= 0.3 is 0 Å². The van der Waals surface area contributed by atoms with Crippen LogP contribution in [0.5, 0.6) is 0 Å². The van der Waals surface area contributed by atoms with Crippen LogP contribution in [0.25, 0.3) is 0 Å². The Morgan fingerprint density at radius 3 is 2.65 bits per heavy atom. The summed E-state index contributed by atoms with van der Waals surface area (Å²) >= 11 is 0. The molecule has 1 saturated heterocycles. The Labute approximate surface area is 118 Å². The highest BCUT2D eigenvalue weighted by Gasteiger charge is 2.40. The van der Waals surface area contributed by atoms with E-state index < -0.39 is 21.4 Å². The van der Waals surface area contributed by atoms with Crippen molar-refractivity contribution in [2.24, 2.45) is 0 Å². The molecule has 1 aromatic carbocycles. The van der Waals surface area contributed by atoms with E-state index in [1.807, 2.05) is 0 Å². The molecule has 0 spiro atoms. The highest BCUT2D eigenvalue weighted by molar-refractivity contribution is 7.89. The monoisotopic (exact) mass is 302 g/mol. The molecule has 112 valence electrons. The number of nitrogens with zero attached hydrogens (tertiary/aromatic N) is 1. The van der Waals surface area contributed by atoms with Gasteiger partial charge in [0, 0.05) is 6.54 Å². The number of sulfonamides is 1. The van der Waals surface area contributed by atoms with Crippen molar-refractivity contribution in [3.63, 3.8) is 0 Å². The van der Waals surface area contributed by atoms with Crippen LogP contribution in [0, 0.1) is 12.7 Å². The molecule has 0 amide bonds. The van der Waals surface area contributed by atoms with Crippen LogP contribution in [0.15, 0.2) is 17.0 Å². The van der Waals surface area contributed by atoms with Gasteiger partial charge < -0.3 is 10.5 Å². The molecule has 5 nitrogen and oxygen atoms in total. The molecule has 1 heterocycles. The summed E-state index contributed by atoms with van der Waals surface area (Å²) in [6.07, 6.45) is 0. The number of hydrogen-bond acceptors (Lipinski definition) is 4. The Hall–Kier alpha value is -1.18. The fourth-order valence-corrected chi connectivity index (χ4v) is 4.35. The van der Waals surface area contributed by atoms with Crippen molar-refractivity contribution in [3.8, 4) is 0 Å². The lowest BCUT2D eigenvalue weighted by molar-refractivity contribution is -0.00772. The van der Waals surface area contributed by atoms with Crippen molar-refractivity contribution in [1.82, 2.24) is 4.31 Å². The second-order valence-corrected chi connectivity index (χ2v) is 7.41. The average Bonchev–Trinajstić information content (AvgIpc) is 2.32. The third kappa shape index (κ3) is 2.53. The van der Waals surface area contributed by atoms with E-state index in [4.69, 9.17) is 10.5 Å². The van der Waals surface area contributed by atoms with Crippen LogP contribution in [-0.2, 0) is 14.8 Å². The largest absolute Gasteiger partial charge is 0.396 e. The van der Waals surface area contributed by atoms with Crippen LogP contribution in [0.1, 0.15) is 19.4 Å². The lowest BCUT2D eigenvalue weighted by Gasteiger charge is -2.41. The van der Waals surface area contributed by atoms with Crippen molar-refractivity contribution in [2.75, 3.05) is 25.5 Å². The minimum Gasteiger partial charge on any atom is -0.396 e. The van der Waals surface area contributed by atoms with E-state index in [0.717, 1.165) is 6.07 Å². The summed E-state index contributed by atoms with van der Waals surface area (Å²) in [4.78, 5) is 0.0476. The van der Waals surface area contributed by atoms with Crippen LogP contribution in [0.4, 0.5) is 10.1 Å². The first-order valence-corrected chi connectivity index (χ1v) is 7.76. The van der Waals surface area contributed by atoms with Gasteiger partial charge in [-0.25, -0.2) is 12.8 Å². The predicted molar refractivity (Wildman–Crippen MR) is 74.3 cm³/mol. The Bertz CT molecular complexity index is 629. The first kappa shape index (κ1) is 15.2. The molecule has 0 atom stereocenters. The van der Waals surface area contributed by atoms with Gasteiger partial charge in [-0.3, -0.25) is 0 Å². The van der Waals surface area contributed by atoms with Gasteiger partial charge in [-0.15, -0.1) is 0 Å². The number of morpholine rings is 1. The molecule has 0 unspecified atom stereocenters. The first-order valence-electron chi connectivity index (χ1n) is 6.32. The molecule has 2 N–H and O–H groups in total. The third-order valence-corrected chi connectivity index (χ3v) is 5.68. The summed E-state index contributed by atoms with van der Waals surface area (Å²) < 4.78 is 45.7. The van der Waals surface area contributed by atoms with Crippen molar-refractivity contribution in [3.05, 3.63) is 23.5 Å². The number of ether oxygens (including phenoxy) is 1. The molecule has 0 radical (unpaired) electrons. The molecule has 0 aliphatic carbocycles. The molecule has 1 aromatic rings. The number of nitrogen functional groups attached to an aromatic ring is 1. The number of anilines is 1. The van der Waals surface area contributed by atoms with Gasteiger partial charge in [0.25, 0.3) is 0 Å². The molecule has 1 aliphatic rings. The first-order chi connectivity index (χ1) is 9.16. The molecule has 20 heavy (non-hydrogen) atoms. The molecule has 7 heteroatoms. The summed E-state index contributed by atoms with van der Waals surface area (Å²) in [6.45, 7) is 6.09. The van der Waals surface area contributed by atoms with Gasteiger partial charge in [-0.1, -0.05) is 0 Å². The number of benzene rings is 1. The van der Waals surface area contributed by atoms with Crippen LogP contribution in [-0.4, -0.2) is 38.0 Å². The van der Waals surface area contributed by atoms with Gasteiger partial charge in [0.05, 0.1) is 29.3 Å².